The summed E-state index contributed by atoms with van der Waals surface area (Å²) in [5.74, 6) is 0.974. The van der Waals surface area contributed by atoms with Crippen molar-refractivity contribution in [2.45, 2.75) is 65.2 Å². The van der Waals surface area contributed by atoms with E-state index < -0.39 is 0 Å². The smallest absolute Gasteiger partial charge is 0.0471 e. The van der Waals surface area contributed by atoms with Gasteiger partial charge in [-0.1, -0.05) is 26.2 Å². The molecule has 1 saturated carbocycles. The molecule has 1 fully saturated rings. The van der Waals surface area contributed by atoms with Gasteiger partial charge >= 0.3 is 0 Å². The number of ether oxygens (including phenoxy) is 1. The summed E-state index contributed by atoms with van der Waals surface area (Å²) < 4.78 is 5.50. The maximum atomic E-state index is 6.01. The van der Waals surface area contributed by atoms with Gasteiger partial charge in [0.25, 0.3) is 0 Å². The fraction of sp³-hybridized carbons (Fsp3) is 1.00. The van der Waals surface area contributed by atoms with E-state index in [1.807, 2.05) is 0 Å². The average molecular weight is 241 g/mol. The van der Waals surface area contributed by atoms with Crippen LogP contribution in [0.15, 0.2) is 0 Å². The minimum absolute atomic E-state index is 0.401. The lowest BCUT2D eigenvalue weighted by Gasteiger charge is -2.39. The van der Waals surface area contributed by atoms with Crippen molar-refractivity contribution < 1.29 is 4.74 Å². The third-order valence-corrected chi connectivity index (χ3v) is 4.55. The molecule has 0 aromatic heterocycles. The van der Waals surface area contributed by atoms with Crippen LogP contribution in [0, 0.1) is 11.3 Å². The van der Waals surface area contributed by atoms with Crippen molar-refractivity contribution >= 4 is 0 Å². The van der Waals surface area contributed by atoms with Crippen molar-refractivity contribution in [2.24, 2.45) is 17.1 Å². The standard InChI is InChI=1S/C15H31NO/c1-3-5-6-14-7-9-15(13-16,10-8-14)11-12-17-4-2/h14H,3-13,16H2,1-2H3. The molecule has 0 atom stereocenters. The van der Waals surface area contributed by atoms with Gasteiger partial charge in [0, 0.05) is 13.2 Å². The van der Waals surface area contributed by atoms with Crippen LogP contribution in [0.2, 0.25) is 0 Å². The second kappa shape index (κ2) is 8.10. The van der Waals surface area contributed by atoms with E-state index in [1.165, 1.54) is 44.9 Å². The first-order valence-electron chi connectivity index (χ1n) is 7.54. The van der Waals surface area contributed by atoms with Crippen LogP contribution < -0.4 is 5.73 Å². The highest BCUT2D eigenvalue weighted by Crippen LogP contribution is 2.42. The van der Waals surface area contributed by atoms with Crippen LogP contribution in [0.5, 0.6) is 0 Å². The maximum Gasteiger partial charge on any atom is 0.0471 e. The van der Waals surface area contributed by atoms with Gasteiger partial charge in [-0.25, -0.2) is 0 Å². The van der Waals surface area contributed by atoms with E-state index in [0.717, 1.165) is 32.1 Å². The van der Waals surface area contributed by atoms with E-state index in [9.17, 15) is 0 Å². The molecule has 0 unspecified atom stereocenters. The van der Waals surface area contributed by atoms with Crippen LogP contribution in [-0.2, 0) is 4.74 Å². The number of unbranched alkanes of at least 4 members (excludes halogenated alkanes) is 1. The third-order valence-electron chi connectivity index (χ3n) is 4.55. The van der Waals surface area contributed by atoms with Gasteiger partial charge in [0.2, 0.25) is 0 Å². The fourth-order valence-corrected chi connectivity index (χ4v) is 3.06. The highest BCUT2D eigenvalue weighted by Gasteiger charge is 2.33. The van der Waals surface area contributed by atoms with E-state index in [1.54, 1.807) is 0 Å². The molecular weight excluding hydrogens is 210 g/mol. The molecule has 102 valence electrons. The maximum absolute atomic E-state index is 6.01. The third kappa shape index (κ3) is 4.97. The van der Waals surface area contributed by atoms with Crippen LogP contribution in [0.4, 0.5) is 0 Å². The Morgan fingerprint density at radius 2 is 1.94 bits per heavy atom. The lowest BCUT2D eigenvalue weighted by molar-refractivity contribution is 0.0716. The zero-order valence-corrected chi connectivity index (χ0v) is 11.8. The number of hydrogen-bond acceptors (Lipinski definition) is 2. The molecular formula is C15H31NO. The van der Waals surface area contributed by atoms with Crippen LogP contribution >= 0.6 is 0 Å². The minimum atomic E-state index is 0.401. The van der Waals surface area contributed by atoms with Crippen molar-refractivity contribution in [3.05, 3.63) is 0 Å². The van der Waals surface area contributed by atoms with Gasteiger partial charge in [0.05, 0.1) is 0 Å². The summed E-state index contributed by atoms with van der Waals surface area (Å²) in [6.07, 6.45) is 10.8. The van der Waals surface area contributed by atoms with E-state index in [2.05, 4.69) is 13.8 Å². The normalized spacial score (nSPS) is 29.5. The van der Waals surface area contributed by atoms with Crippen molar-refractivity contribution in [2.75, 3.05) is 19.8 Å². The van der Waals surface area contributed by atoms with Gasteiger partial charge in [0.1, 0.15) is 0 Å². The first-order chi connectivity index (χ1) is 8.26. The van der Waals surface area contributed by atoms with Gasteiger partial charge in [-0.05, 0) is 56.9 Å². The largest absolute Gasteiger partial charge is 0.382 e. The molecule has 0 aliphatic heterocycles. The van der Waals surface area contributed by atoms with E-state index in [-0.39, 0.29) is 0 Å². The van der Waals surface area contributed by atoms with Crippen LogP contribution in [0.25, 0.3) is 0 Å². The fourth-order valence-electron chi connectivity index (χ4n) is 3.06. The van der Waals surface area contributed by atoms with E-state index >= 15 is 0 Å². The molecule has 0 saturated heterocycles. The first kappa shape index (κ1) is 15.0. The Labute approximate surface area is 107 Å². The first-order valence-corrected chi connectivity index (χ1v) is 7.54. The predicted molar refractivity (Wildman–Crippen MR) is 74.1 cm³/mol. The molecule has 0 spiro atoms. The van der Waals surface area contributed by atoms with E-state index in [0.29, 0.717) is 5.41 Å². The zero-order chi connectivity index (χ0) is 12.6. The second-order valence-electron chi connectivity index (χ2n) is 5.74. The molecule has 0 aromatic carbocycles. The summed E-state index contributed by atoms with van der Waals surface area (Å²) in [7, 11) is 0. The summed E-state index contributed by atoms with van der Waals surface area (Å²) in [4.78, 5) is 0. The molecule has 2 nitrogen and oxygen atoms in total. The molecule has 1 rings (SSSR count). The zero-order valence-electron chi connectivity index (χ0n) is 11.8. The van der Waals surface area contributed by atoms with E-state index in [4.69, 9.17) is 10.5 Å². The van der Waals surface area contributed by atoms with Crippen molar-refractivity contribution in [1.82, 2.24) is 0 Å². The van der Waals surface area contributed by atoms with Crippen LogP contribution in [-0.4, -0.2) is 19.8 Å². The molecule has 17 heavy (non-hydrogen) atoms. The molecule has 2 N–H and O–H groups in total. The molecule has 0 heterocycles. The summed E-state index contributed by atoms with van der Waals surface area (Å²) in [5, 5.41) is 0. The topological polar surface area (TPSA) is 35.2 Å². The summed E-state index contributed by atoms with van der Waals surface area (Å²) in [6.45, 7) is 6.93. The number of hydrogen-bond donors (Lipinski definition) is 1. The molecule has 0 bridgehead atoms. The monoisotopic (exact) mass is 241 g/mol. The van der Waals surface area contributed by atoms with Gasteiger partial charge in [0.15, 0.2) is 0 Å². The Balaban J connectivity index is 2.29. The predicted octanol–water partition coefficient (Wildman–Crippen LogP) is 3.74. The van der Waals surface area contributed by atoms with Crippen LogP contribution in [0.3, 0.4) is 0 Å². The van der Waals surface area contributed by atoms with Crippen LogP contribution in [0.1, 0.15) is 65.2 Å². The van der Waals surface area contributed by atoms with Gasteiger partial charge in [-0.3, -0.25) is 0 Å². The second-order valence-corrected chi connectivity index (χ2v) is 5.74. The van der Waals surface area contributed by atoms with Crippen molar-refractivity contribution in [3.8, 4) is 0 Å². The molecule has 1 aliphatic carbocycles. The number of rotatable bonds is 8. The molecule has 2 heteroatoms. The Morgan fingerprint density at radius 1 is 1.24 bits per heavy atom. The van der Waals surface area contributed by atoms with Gasteiger partial charge < -0.3 is 10.5 Å². The average Bonchev–Trinajstić information content (AvgIpc) is 2.38. The Kier molecular flexibility index (Phi) is 7.14. The molecule has 0 radical (unpaired) electrons. The highest BCUT2D eigenvalue weighted by molar-refractivity contribution is 4.86. The SMILES string of the molecule is CCCCC1CCC(CN)(CCOCC)CC1. The molecule has 0 amide bonds. The lowest BCUT2D eigenvalue weighted by atomic mass is 9.68. The van der Waals surface area contributed by atoms with Gasteiger partial charge in [-0.2, -0.15) is 0 Å². The summed E-state index contributed by atoms with van der Waals surface area (Å²) >= 11 is 0. The molecule has 1 aliphatic rings. The Morgan fingerprint density at radius 3 is 2.47 bits per heavy atom. The summed E-state index contributed by atoms with van der Waals surface area (Å²) in [5.41, 5.74) is 6.41. The lowest BCUT2D eigenvalue weighted by Crippen LogP contribution is -2.36. The van der Waals surface area contributed by atoms with Gasteiger partial charge in [-0.15, -0.1) is 0 Å². The summed E-state index contributed by atoms with van der Waals surface area (Å²) in [6, 6.07) is 0. The Bertz CT molecular complexity index is 185. The minimum Gasteiger partial charge on any atom is -0.382 e. The quantitative estimate of drug-likeness (QED) is 0.657. The highest BCUT2D eigenvalue weighted by atomic mass is 16.5. The molecule has 0 aromatic rings. The Hall–Kier alpha value is -0.0800. The van der Waals surface area contributed by atoms with Crippen molar-refractivity contribution in [3.63, 3.8) is 0 Å². The van der Waals surface area contributed by atoms with Crippen molar-refractivity contribution in [1.29, 1.82) is 0 Å². The number of nitrogens with two attached hydrogens (primary N) is 1.